The number of fused-ring (bicyclic) bond motifs is 1. The van der Waals surface area contributed by atoms with E-state index in [4.69, 9.17) is 23.2 Å². The Bertz CT molecular complexity index is 451. The minimum atomic E-state index is 0.219. The second-order valence-corrected chi connectivity index (χ2v) is 3.17. The monoisotopic (exact) mass is 216 g/mol. The van der Waals surface area contributed by atoms with Crippen molar-refractivity contribution in [1.29, 1.82) is 0 Å². The molecule has 0 aromatic carbocycles. The van der Waals surface area contributed by atoms with Crippen LogP contribution in [0.3, 0.4) is 0 Å². The van der Waals surface area contributed by atoms with Crippen LogP contribution in [0.5, 0.6) is 0 Å². The van der Waals surface area contributed by atoms with E-state index in [2.05, 4.69) is 15.0 Å². The summed E-state index contributed by atoms with van der Waals surface area (Å²) in [6, 6.07) is 0. The first-order chi connectivity index (χ1) is 6.22. The highest BCUT2D eigenvalue weighted by Gasteiger charge is 2.08. The molecule has 2 rings (SSSR count). The predicted molar refractivity (Wildman–Crippen MR) is 50.9 cm³/mol. The molecule has 0 N–H and O–H groups in total. The summed E-state index contributed by atoms with van der Waals surface area (Å²) >= 11 is 11.3. The van der Waals surface area contributed by atoms with Gasteiger partial charge in [-0.3, -0.25) is 0 Å². The fraction of sp³-hybridized carbons (Fsp3) is 0.286. The van der Waals surface area contributed by atoms with Crippen LogP contribution in [-0.4, -0.2) is 19.5 Å². The van der Waals surface area contributed by atoms with Crippen molar-refractivity contribution < 1.29 is 0 Å². The molecule has 2 aromatic rings. The molecule has 2 aromatic heterocycles. The minimum absolute atomic E-state index is 0.219. The summed E-state index contributed by atoms with van der Waals surface area (Å²) in [5.41, 5.74) is 1.42. The normalized spacial score (nSPS) is 11.0. The van der Waals surface area contributed by atoms with Gasteiger partial charge >= 0.3 is 0 Å². The van der Waals surface area contributed by atoms with Crippen LogP contribution in [-0.2, 0) is 12.9 Å². The fourth-order valence-electron chi connectivity index (χ4n) is 1.13. The second-order valence-electron chi connectivity index (χ2n) is 2.57. The third-order valence-electron chi connectivity index (χ3n) is 1.79. The third kappa shape index (κ3) is 1.36. The van der Waals surface area contributed by atoms with Crippen LogP contribution in [0.2, 0.25) is 5.28 Å². The largest absolute Gasteiger partial charge is 0.315 e. The van der Waals surface area contributed by atoms with E-state index in [-0.39, 0.29) is 5.28 Å². The molecular formula is C7H6Cl2N4. The Morgan fingerprint density at radius 2 is 2.23 bits per heavy atom. The van der Waals surface area contributed by atoms with Crippen LogP contribution in [0.25, 0.3) is 11.2 Å². The molecule has 0 aliphatic heterocycles. The second kappa shape index (κ2) is 3.12. The van der Waals surface area contributed by atoms with E-state index in [1.807, 2.05) is 7.05 Å². The van der Waals surface area contributed by atoms with Crippen molar-refractivity contribution in [3.63, 3.8) is 0 Å². The molecule has 6 heteroatoms. The number of hydrogen-bond acceptors (Lipinski definition) is 3. The van der Waals surface area contributed by atoms with Gasteiger partial charge in [-0.1, -0.05) is 0 Å². The van der Waals surface area contributed by atoms with Gasteiger partial charge in [0.15, 0.2) is 5.65 Å². The summed E-state index contributed by atoms with van der Waals surface area (Å²) in [4.78, 5) is 12.1. The predicted octanol–water partition coefficient (Wildman–Crippen LogP) is 1.76. The van der Waals surface area contributed by atoms with Crippen LogP contribution in [0.4, 0.5) is 0 Å². The summed E-state index contributed by atoms with van der Waals surface area (Å²) in [6.07, 6.45) is 1.58. The summed E-state index contributed by atoms with van der Waals surface area (Å²) in [6.45, 7) is 0. The number of hydrogen-bond donors (Lipinski definition) is 0. The summed E-state index contributed by atoms with van der Waals surface area (Å²) in [5.74, 6) is 1.11. The smallest absolute Gasteiger partial charge is 0.224 e. The van der Waals surface area contributed by atoms with Crippen molar-refractivity contribution >= 4 is 34.4 Å². The standard InChI is InChI=1S/C7H6Cl2N4/c1-13-5(2-8)11-4-3-10-7(9)12-6(4)13/h3H,2H2,1H3. The molecule has 0 saturated heterocycles. The van der Waals surface area contributed by atoms with E-state index in [0.717, 1.165) is 5.82 Å². The third-order valence-corrected chi connectivity index (χ3v) is 2.22. The highest BCUT2D eigenvalue weighted by molar-refractivity contribution is 6.28. The van der Waals surface area contributed by atoms with Gasteiger partial charge in [-0.25, -0.2) is 9.97 Å². The van der Waals surface area contributed by atoms with Crippen molar-refractivity contribution in [3.05, 3.63) is 17.3 Å². The number of imidazole rings is 1. The van der Waals surface area contributed by atoms with E-state index < -0.39 is 0 Å². The summed E-state index contributed by atoms with van der Waals surface area (Å²) < 4.78 is 1.80. The number of alkyl halides is 1. The zero-order chi connectivity index (χ0) is 9.42. The Labute approximate surface area is 84.5 Å². The molecule has 68 valence electrons. The molecular weight excluding hydrogens is 211 g/mol. The van der Waals surface area contributed by atoms with Crippen LogP contribution >= 0.6 is 23.2 Å². The first kappa shape index (κ1) is 8.72. The lowest BCUT2D eigenvalue weighted by Gasteiger charge is -1.95. The number of aromatic nitrogens is 4. The van der Waals surface area contributed by atoms with Gasteiger partial charge in [0.1, 0.15) is 11.3 Å². The highest BCUT2D eigenvalue weighted by atomic mass is 35.5. The van der Waals surface area contributed by atoms with Gasteiger partial charge in [-0.05, 0) is 11.6 Å². The van der Waals surface area contributed by atoms with Gasteiger partial charge in [0.05, 0.1) is 12.1 Å². The van der Waals surface area contributed by atoms with Crippen LogP contribution in [0.15, 0.2) is 6.20 Å². The maximum absolute atomic E-state index is 5.68. The van der Waals surface area contributed by atoms with Gasteiger partial charge in [-0.15, -0.1) is 11.6 Å². The fourth-order valence-corrected chi connectivity index (χ4v) is 1.50. The van der Waals surface area contributed by atoms with Crippen molar-refractivity contribution in [2.45, 2.75) is 5.88 Å². The van der Waals surface area contributed by atoms with E-state index >= 15 is 0 Å². The molecule has 2 heterocycles. The SMILES string of the molecule is Cn1c(CCl)nc2cnc(Cl)nc21. The summed E-state index contributed by atoms with van der Waals surface area (Å²) in [7, 11) is 1.84. The molecule has 0 saturated carbocycles. The minimum Gasteiger partial charge on any atom is -0.315 e. The van der Waals surface area contributed by atoms with Crippen LogP contribution in [0, 0.1) is 0 Å². The van der Waals surface area contributed by atoms with Crippen molar-refractivity contribution in [2.75, 3.05) is 0 Å². The molecule has 0 amide bonds. The lowest BCUT2D eigenvalue weighted by Crippen LogP contribution is -1.95. The Kier molecular flexibility index (Phi) is 2.09. The molecule has 13 heavy (non-hydrogen) atoms. The molecule has 0 spiro atoms. The van der Waals surface area contributed by atoms with Gasteiger partial charge in [0.2, 0.25) is 5.28 Å². The number of nitrogens with zero attached hydrogens (tertiary/aromatic N) is 4. The van der Waals surface area contributed by atoms with Gasteiger partial charge < -0.3 is 4.57 Å². The van der Waals surface area contributed by atoms with Crippen molar-refractivity contribution in [3.8, 4) is 0 Å². The Hall–Kier alpha value is -0.870. The quantitative estimate of drug-likeness (QED) is 0.539. The zero-order valence-electron chi connectivity index (χ0n) is 6.83. The number of rotatable bonds is 1. The van der Waals surface area contributed by atoms with E-state index in [9.17, 15) is 0 Å². The van der Waals surface area contributed by atoms with Gasteiger partial charge in [-0.2, -0.15) is 4.98 Å². The summed E-state index contributed by atoms with van der Waals surface area (Å²) in [5, 5.41) is 0.219. The van der Waals surface area contributed by atoms with Crippen LogP contribution < -0.4 is 0 Å². The van der Waals surface area contributed by atoms with Gasteiger partial charge in [0.25, 0.3) is 0 Å². The number of halogens is 2. The Morgan fingerprint density at radius 1 is 1.46 bits per heavy atom. The Balaban J connectivity index is 2.77. The molecule has 0 fully saturated rings. The maximum Gasteiger partial charge on any atom is 0.224 e. The molecule has 4 nitrogen and oxygen atoms in total. The average molecular weight is 217 g/mol. The zero-order valence-corrected chi connectivity index (χ0v) is 8.34. The van der Waals surface area contributed by atoms with Crippen molar-refractivity contribution in [2.24, 2.45) is 7.05 Å². The first-order valence-corrected chi connectivity index (χ1v) is 4.53. The lowest BCUT2D eigenvalue weighted by atomic mass is 10.6. The molecule has 0 aliphatic rings. The molecule has 0 atom stereocenters. The molecule has 0 aliphatic carbocycles. The van der Waals surface area contributed by atoms with E-state index in [0.29, 0.717) is 17.0 Å². The molecule has 0 radical (unpaired) electrons. The Morgan fingerprint density at radius 3 is 2.92 bits per heavy atom. The maximum atomic E-state index is 5.68. The highest BCUT2D eigenvalue weighted by Crippen LogP contribution is 2.14. The number of aryl methyl sites for hydroxylation is 1. The molecule has 0 bridgehead atoms. The van der Waals surface area contributed by atoms with Gasteiger partial charge in [0, 0.05) is 7.05 Å². The lowest BCUT2D eigenvalue weighted by molar-refractivity contribution is 0.861. The van der Waals surface area contributed by atoms with Crippen LogP contribution in [0.1, 0.15) is 5.82 Å². The van der Waals surface area contributed by atoms with E-state index in [1.54, 1.807) is 10.8 Å². The topological polar surface area (TPSA) is 43.6 Å². The first-order valence-electron chi connectivity index (χ1n) is 3.62. The van der Waals surface area contributed by atoms with Crippen molar-refractivity contribution in [1.82, 2.24) is 19.5 Å². The molecule has 0 unspecified atom stereocenters. The average Bonchev–Trinajstić information content (AvgIpc) is 2.44. The van der Waals surface area contributed by atoms with E-state index in [1.165, 1.54) is 0 Å².